The molecule has 5 nitrogen and oxygen atoms in total. The van der Waals surface area contributed by atoms with Gasteiger partial charge in [-0.2, -0.15) is 0 Å². The molecule has 0 aliphatic heterocycles. The largest absolute Gasteiger partial charge is 0.368 e. The van der Waals surface area contributed by atoms with Crippen molar-refractivity contribution in [1.29, 1.82) is 0 Å². The van der Waals surface area contributed by atoms with Gasteiger partial charge in [-0.05, 0) is 26.7 Å². The molecule has 1 amide bonds. The predicted octanol–water partition coefficient (Wildman–Crippen LogP) is 1.87. The monoisotopic (exact) mass is 284 g/mol. The molecule has 1 fully saturated rings. The molecule has 0 aromatic carbocycles. The Morgan fingerprint density at radius 1 is 1.40 bits per heavy atom. The number of nitrogens with zero attached hydrogens (tertiary/aromatic N) is 1. The van der Waals surface area contributed by atoms with Gasteiger partial charge in [0.2, 0.25) is 5.91 Å². The molecule has 1 saturated carbocycles. The molecule has 1 aliphatic carbocycles. The number of hydrogen-bond acceptors (Lipinski definition) is 4. The van der Waals surface area contributed by atoms with Crippen LogP contribution >= 0.6 is 0 Å². The zero-order chi connectivity index (χ0) is 14.7. The molecule has 110 valence electrons. The molecular formula is C13H18F2N4O. The van der Waals surface area contributed by atoms with E-state index in [1.807, 2.05) is 0 Å². The third-order valence-electron chi connectivity index (χ3n) is 2.94. The van der Waals surface area contributed by atoms with E-state index >= 15 is 0 Å². The molecule has 7 heteroatoms. The summed E-state index contributed by atoms with van der Waals surface area (Å²) >= 11 is 0. The molecule has 20 heavy (non-hydrogen) atoms. The van der Waals surface area contributed by atoms with Crippen LogP contribution in [0.5, 0.6) is 0 Å². The smallest absolute Gasteiger partial charge is 0.242 e. The van der Waals surface area contributed by atoms with Crippen LogP contribution in [0.25, 0.3) is 0 Å². The summed E-state index contributed by atoms with van der Waals surface area (Å²) < 4.78 is 27.1. The molecule has 1 aromatic heterocycles. The number of halogens is 2. The SMILES string of the molecule is CCNc1nc(NC(C)C(=O)NC2CC2)c(F)cc1F. The Hall–Kier alpha value is -1.92. The van der Waals surface area contributed by atoms with Crippen LogP contribution in [0.15, 0.2) is 6.07 Å². The summed E-state index contributed by atoms with van der Waals surface area (Å²) in [7, 11) is 0. The normalized spacial score (nSPS) is 15.6. The van der Waals surface area contributed by atoms with Crippen molar-refractivity contribution in [1.82, 2.24) is 10.3 Å². The molecule has 0 bridgehead atoms. The fraction of sp³-hybridized carbons (Fsp3) is 0.538. The highest BCUT2D eigenvalue weighted by atomic mass is 19.1. The van der Waals surface area contributed by atoms with Crippen LogP contribution in [0.2, 0.25) is 0 Å². The van der Waals surface area contributed by atoms with Gasteiger partial charge >= 0.3 is 0 Å². The first-order chi connectivity index (χ1) is 9.51. The highest BCUT2D eigenvalue weighted by Gasteiger charge is 2.26. The minimum Gasteiger partial charge on any atom is -0.368 e. The van der Waals surface area contributed by atoms with Crippen molar-refractivity contribution in [2.24, 2.45) is 0 Å². The first-order valence-electron chi connectivity index (χ1n) is 6.68. The van der Waals surface area contributed by atoms with E-state index in [0.717, 1.165) is 18.9 Å². The van der Waals surface area contributed by atoms with Crippen molar-refractivity contribution in [3.63, 3.8) is 0 Å². The number of rotatable bonds is 6. The number of nitrogens with one attached hydrogen (secondary N) is 3. The molecule has 1 unspecified atom stereocenters. The highest BCUT2D eigenvalue weighted by molar-refractivity contribution is 5.84. The average Bonchev–Trinajstić information content (AvgIpc) is 3.19. The number of hydrogen-bond donors (Lipinski definition) is 3. The minimum absolute atomic E-state index is 0.0359. The lowest BCUT2D eigenvalue weighted by atomic mass is 10.3. The molecule has 1 heterocycles. The van der Waals surface area contributed by atoms with Crippen LogP contribution in [-0.4, -0.2) is 29.5 Å². The van der Waals surface area contributed by atoms with E-state index in [1.54, 1.807) is 13.8 Å². The summed E-state index contributed by atoms with van der Waals surface area (Å²) in [5.41, 5.74) is 0. The van der Waals surface area contributed by atoms with E-state index in [4.69, 9.17) is 0 Å². The maximum Gasteiger partial charge on any atom is 0.242 e. The fourth-order valence-corrected chi connectivity index (χ4v) is 1.68. The van der Waals surface area contributed by atoms with Gasteiger partial charge in [-0.1, -0.05) is 0 Å². The summed E-state index contributed by atoms with van der Waals surface area (Å²) in [6.45, 7) is 3.85. The van der Waals surface area contributed by atoms with Crippen molar-refractivity contribution in [3.8, 4) is 0 Å². The van der Waals surface area contributed by atoms with Crippen molar-refractivity contribution < 1.29 is 13.6 Å². The highest BCUT2D eigenvalue weighted by Crippen LogP contribution is 2.21. The second-order valence-electron chi connectivity index (χ2n) is 4.83. The molecule has 0 radical (unpaired) electrons. The van der Waals surface area contributed by atoms with Gasteiger partial charge in [0, 0.05) is 18.7 Å². The second kappa shape index (κ2) is 6.02. The van der Waals surface area contributed by atoms with Crippen molar-refractivity contribution in [2.45, 2.75) is 38.8 Å². The van der Waals surface area contributed by atoms with Gasteiger partial charge in [0.15, 0.2) is 23.3 Å². The van der Waals surface area contributed by atoms with Gasteiger partial charge in [0.1, 0.15) is 6.04 Å². The van der Waals surface area contributed by atoms with Crippen molar-refractivity contribution in [2.75, 3.05) is 17.2 Å². The first-order valence-corrected chi connectivity index (χ1v) is 6.68. The molecule has 1 aromatic rings. The number of anilines is 2. The van der Waals surface area contributed by atoms with E-state index in [9.17, 15) is 13.6 Å². The van der Waals surface area contributed by atoms with Gasteiger partial charge in [-0.25, -0.2) is 13.8 Å². The van der Waals surface area contributed by atoms with Crippen LogP contribution < -0.4 is 16.0 Å². The average molecular weight is 284 g/mol. The lowest BCUT2D eigenvalue weighted by Crippen LogP contribution is -2.39. The topological polar surface area (TPSA) is 66.0 Å². The van der Waals surface area contributed by atoms with E-state index in [2.05, 4.69) is 20.9 Å². The third-order valence-corrected chi connectivity index (χ3v) is 2.94. The number of aromatic nitrogens is 1. The molecule has 3 N–H and O–H groups in total. The summed E-state index contributed by atoms with van der Waals surface area (Å²) in [4.78, 5) is 15.6. The van der Waals surface area contributed by atoms with Gasteiger partial charge in [0.25, 0.3) is 0 Å². The predicted molar refractivity (Wildman–Crippen MR) is 72.6 cm³/mol. The van der Waals surface area contributed by atoms with Crippen LogP contribution in [0.1, 0.15) is 26.7 Å². The summed E-state index contributed by atoms with van der Waals surface area (Å²) in [6, 6.07) is 0.339. The van der Waals surface area contributed by atoms with Gasteiger partial charge in [-0.3, -0.25) is 4.79 Å². The number of carbonyl (C=O) groups excluding carboxylic acids is 1. The summed E-state index contributed by atoms with van der Waals surface area (Å²) in [5, 5.41) is 8.16. The van der Waals surface area contributed by atoms with Crippen LogP contribution in [-0.2, 0) is 4.79 Å². The Balaban J connectivity index is 2.06. The molecule has 0 saturated heterocycles. The van der Waals surface area contributed by atoms with Gasteiger partial charge in [0.05, 0.1) is 0 Å². The first kappa shape index (κ1) is 14.5. The maximum atomic E-state index is 13.6. The Bertz CT molecular complexity index is 505. The summed E-state index contributed by atoms with van der Waals surface area (Å²) in [6.07, 6.45) is 1.96. The Morgan fingerprint density at radius 3 is 2.65 bits per heavy atom. The second-order valence-corrected chi connectivity index (χ2v) is 4.83. The van der Waals surface area contributed by atoms with Gasteiger partial charge in [-0.15, -0.1) is 0 Å². The Morgan fingerprint density at radius 2 is 2.05 bits per heavy atom. The molecule has 1 aliphatic rings. The Kier molecular flexibility index (Phi) is 4.36. The van der Waals surface area contributed by atoms with Crippen LogP contribution in [0, 0.1) is 11.6 Å². The third kappa shape index (κ3) is 3.55. The van der Waals surface area contributed by atoms with E-state index < -0.39 is 17.7 Å². The van der Waals surface area contributed by atoms with Crippen molar-refractivity contribution >= 4 is 17.5 Å². The Labute approximate surface area is 116 Å². The van der Waals surface area contributed by atoms with Crippen LogP contribution in [0.4, 0.5) is 20.4 Å². The number of amides is 1. The molecule has 1 atom stereocenters. The standard InChI is InChI=1S/C13H18F2N4O/c1-3-16-11-9(14)6-10(15)12(19-11)17-7(2)13(20)18-8-4-5-8/h6-8H,3-5H2,1-2H3,(H,18,20)(H2,16,17,19). The van der Waals surface area contributed by atoms with E-state index in [-0.39, 0.29) is 23.6 Å². The fourth-order valence-electron chi connectivity index (χ4n) is 1.68. The minimum atomic E-state index is -0.824. The maximum absolute atomic E-state index is 13.6. The quantitative estimate of drug-likeness (QED) is 0.746. The number of carbonyl (C=O) groups is 1. The van der Waals surface area contributed by atoms with Crippen molar-refractivity contribution in [3.05, 3.63) is 17.7 Å². The van der Waals surface area contributed by atoms with Gasteiger partial charge < -0.3 is 16.0 Å². The molecular weight excluding hydrogens is 266 g/mol. The van der Waals surface area contributed by atoms with E-state index in [0.29, 0.717) is 6.54 Å². The molecule has 2 rings (SSSR count). The van der Waals surface area contributed by atoms with Crippen LogP contribution in [0.3, 0.4) is 0 Å². The zero-order valence-corrected chi connectivity index (χ0v) is 11.5. The summed E-state index contributed by atoms with van der Waals surface area (Å²) in [5.74, 6) is -1.98. The van der Waals surface area contributed by atoms with E-state index in [1.165, 1.54) is 0 Å². The molecule has 0 spiro atoms. The number of pyridine rings is 1. The zero-order valence-electron chi connectivity index (χ0n) is 11.5. The lowest BCUT2D eigenvalue weighted by molar-refractivity contribution is -0.121. The lowest BCUT2D eigenvalue weighted by Gasteiger charge is -2.16.